The summed E-state index contributed by atoms with van der Waals surface area (Å²) in [7, 11) is 0. The Morgan fingerprint density at radius 3 is 2.52 bits per heavy atom. The van der Waals surface area contributed by atoms with Crippen LogP contribution in [-0.2, 0) is 4.79 Å². The van der Waals surface area contributed by atoms with Crippen molar-refractivity contribution in [2.75, 3.05) is 11.9 Å². The lowest BCUT2D eigenvalue weighted by atomic mass is 10.1. The van der Waals surface area contributed by atoms with E-state index >= 15 is 0 Å². The first-order chi connectivity index (χ1) is 10.1. The lowest BCUT2D eigenvalue weighted by Crippen LogP contribution is -2.38. The first-order valence-corrected chi connectivity index (χ1v) is 7.79. The Hall–Kier alpha value is -1.84. The van der Waals surface area contributed by atoms with Crippen LogP contribution in [0.5, 0.6) is 0 Å². The van der Waals surface area contributed by atoms with Gasteiger partial charge in [0.1, 0.15) is 0 Å². The van der Waals surface area contributed by atoms with E-state index in [-0.39, 0.29) is 18.2 Å². The quantitative estimate of drug-likeness (QED) is 0.646. The molecule has 0 saturated heterocycles. The fourth-order valence-corrected chi connectivity index (χ4v) is 2.73. The molecule has 1 amide bonds. The molecule has 1 aromatic rings. The Morgan fingerprint density at radius 2 is 1.86 bits per heavy atom. The van der Waals surface area contributed by atoms with Crippen molar-refractivity contribution < 1.29 is 9.59 Å². The summed E-state index contributed by atoms with van der Waals surface area (Å²) in [5.74, 6) is 0.0525. The highest BCUT2D eigenvalue weighted by Crippen LogP contribution is 2.17. The number of amides is 1. The minimum absolute atomic E-state index is 0.0233. The van der Waals surface area contributed by atoms with Gasteiger partial charge >= 0.3 is 0 Å². The molecule has 1 aliphatic rings. The van der Waals surface area contributed by atoms with E-state index in [9.17, 15) is 9.59 Å². The third-order valence-corrected chi connectivity index (χ3v) is 3.94. The molecule has 0 bridgehead atoms. The van der Waals surface area contributed by atoms with Crippen molar-refractivity contribution in [1.29, 1.82) is 0 Å². The number of rotatable bonds is 5. The number of Topliss-reactive ketones (excluding diaryl/α,β-unsaturated/α-hetero) is 1. The Labute approximate surface area is 126 Å². The molecule has 0 radical (unpaired) electrons. The average Bonchev–Trinajstić information content (AvgIpc) is 2.74. The monoisotopic (exact) mass is 288 g/mol. The smallest absolute Gasteiger partial charge is 0.239 e. The van der Waals surface area contributed by atoms with Crippen LogP contribution in [0.3, 0.4) is 0 Å². The number of carbonyl (C=O) groups is 2. The van der Waals surface area contributed by atoms with Crippen molar-refractivity contribution in [3.8, 4) is 0 Å². The normalized spacial score (nSPS) is 16.0. The molecule has 0 spiro atoms. The van der Waals surface area contributed by atoms with Crippen molar-refractivity contribution >= 4 is 17.4 Å². The molecule has 2 rings (SSSR count). The van der Waals surface area contributed by atoms with Crippen LogP contribution in [0.1, 0.15) is 55.8 Å². The molecule has 1 aromatic carbocycles. The van der Waals surface area contributed by atoms with Crippen LogP contribution in [0.15, 0.2) is 24.3 Å². The maximum Gasteiger partial charge on any atom is 0.239 e. The molecule has 4 heteroatoms. The number of hydrogen-bond acceptors (Lipinski definition) is 3. The molecule has 0 heterocycles. The predicted octanol–water partition coefficient (Wildman–Crippen LogP) is 3.14. The van der Waals surface area contributed by atoms with E-state index in [2.05, 4.69) is 10.6 Å². The van der Waals surface area contributed by atoms with Gasteiger partial charge in [-0.2, -0.15) is 0 Å². The second-order valence-corrected chi connectivity index (χ2v) is 5.75. The van der Waals surface area contributed by atoms with Gasteiger partial charge in [-0.05, 0) is 31.9 Å². The molecule has 0 aliphatic heterocycles. The highest BCUT2D eigenvalue weighted by atomic mass is 16.2. The summed E-state index contributed by atoms with van der Waals surface area (Å²) in [4.78, 5) is 23.3. The van der Waals surface area contributed by atoms with E-state index in [1.807, 2.05) is 12.1 Å². The van der Waals surface area contributed by atoms with E-state index in [0.717, 1.165) is 18.5 Å². The second kappa shape index (κ2) is 7.81. The molecule has 2 N–H and O–H groups in total. The maximum atomic E-state index is 12.0. The molecular formula is C17H24N2O2. The summed E-state index contributed by atoms with van der Waals surface area (Å²) in [6.45, 7) is 1.79. The van der Waals surface area contributed by atoms with Crippen molar-refractivity contribution in [2.45, 2.75) is 51.5 Å². The highest BCUT2D eigenvalue weighted by molar-refractivity contribution is 5.95. The van der Waals surface area contributed by atoms with Crippen molar-refractivity contribution in [3.05, 3.63) is 29.8 Å². The van der Waals surface area contributed by atoms with Gasteiger partial charge in [0.05, 0.1) is 6.54 Å². The Bertz CT molecular complexity index is 491. The average molecular weight is 288 g/mol. The molecule has 1 fully saturated rings. The fourth-order valence-electron chi connectivity index (χ4n) is 2.73. The summed E-state index contributed by atoms with van der Waals surface area (Å²) < 4.78 is 0. The number of ketones is 1. The van der Waals surface area contributed by atoms with Crippen molar-refractivity contribution in [2.24, 2.45) is 0 Å². The Balaban J connectivity index is 1.80. The molecule has 1 saturated carbocycles. The van der Waals surface area contributed by atoms with Crippen LogP contribution >= 0.6 is 0 Å². The molecule has 1 aliphatic carbocycles. The Kier molecular flexibility index (Phi) is 5.78. The van der Waals surface area contributed by atoms with Gasteiger partial charge in [-0.15, -0.1) is 0 Å². The zero-order chi connectivity index (χ0) is 15.1. The van der Waals surface area contributed by atoms with E-state index < -0.39 is 0 Å². The van der Waals surface area contributed by atoms with E-state index in [0.29, 0.717) is 11.6 Å². The van der Waals surface area contributed by atoms with E-state index in [4.69, 9.17) is 0 Å². The van der Waals surface area contributed by atoms with Crippen LogP contribution in [0.2, 0.25) is 0 Å². The van der Waals surface area contributed by atoms with Gasteiger partial charge < -0.3 is 10.6 Å². The van der Waals surface area contributed by atoms with Gasteiger partial charge in [-0.3, -0.25) is 9.59 Å². The zero-order valence-electron chi connectivity index (χ0n) is 12.7. The van der Waals surface area contributed by atoms with Gasteiger partial charge in [0, 0.05) is 17.3 Å². The maximum absolute atomic E-state index is 12.0. The molecular weight excluding hydrogens is 264 g/mol. The summed E-state index contributed by atoms with van der Waals surface area (Å²) in [5.41, 5.74) is 1.46. The lowest BCUT2D eigenvalue weighted by molar-refractivity contribution is -0.120. The number of nitrogens with one attached hydrogen (secondary N) is 2. The number of hydrogen-bond donors (Lipinski definition) is 2. The van der Waals surface area contributed by atoms with Gasteiger partial charge in [0.25, 0.3) is 0 Å². The van der Waals surface area contributed by atoms with Gasteiger partial charge in [-0.25, -0.2) is 0 Å². The first kappa shape index (κ1) is 15.5. The van der Waals surface area contributed by atoms with Crippen molar-refractivity contribution in [3.63, 3.8) is 0 Å². The second-order valence-electron chi connectivity index (χ2n) is 5.75. The lowest BCUT2D eigenvalue weighted by Gasteiger charge is -2.16. The third-order valence-electron chi connectivity index (χ3n) is 3.94. The minimum Gasteiger partial charge on any atom is -0.376 e. The van der Waals surface area contributed by atoms with Gasteiger partial charge in [0.2, 0.25) is 5.91 Å². The molecule has 0 unspecified atom stereocenters. The van der Waals surface area contributed by atoms with Gasteiger partial charge in [-0.1, -0.05) is 37.8 Å². The third kappa shape index (κ3) is 5.21. The standard InChI is InChI=1S/C17H24N2O2/c1-13(20)14-7-6-10-16(11-14)18-12-17(21)19-15-8-4-2-3-5-9-15/h6-7,10-11,15,18H,2-5,8-9,12H2,1H3,(H,19,21). The molecule has 114 valence electrons. The fraction of sp³-hybridized carbons (Fsp3) is 0.529. The predicted molar refractivity (Wildman–Crippen MR) is 84.6 cm³/mol. The van der Waals surface area contributed by atoms with Crippen LogP contribution in [0.4, 0.5) is 5.69 Å². The van der Waals surface area contributed by atoms with E-state index in [1.165, 1.54) is 32.6 Å². The number of anilines is 1. The molecule has 0 atom stereocenters. The Morgan fingerprint density at radius 1 is 1.14 bits per heavy atom. The van der Waals surface area contributed by atoms with E-state index in [1.54, 1.807) is 12.1 Å². The van der Waals surface area contributed by atoms with Gasteiger partial charge in [0.15, 0.2) is 5.78 Å². The summed E-state index contributed by atoms with van der Waals surface area (Å²) >= 11 is 0. The first-order valence-electron chi connectivity index (χ1n) is 7.79. The number of carbonyl (C=O) groups excluding carboxylic acids is 2. The molecule has 4 nitrogen and oxygen atoms in total. The summed E-state index contributed by atoms with van der Waals surface area (Å²) in [6, 6.07) is 7.57. The van der Waals surface area contributed by atoms with Crippen LogP contribution in [-0.4, -0.2) is 24.3 Å². The minimum atomic E-state index is 0.0233. The zero-order valence-corrected chi connectivity index (χ0v) is 12.7. The molecule has 0 aromatic heterocycles. The topological polar surface area (TPSA) is 58.2 Å². The van der Waals surface area contributed by atoms with Crippen LogP contribution in [0.25, 0.3) is 0 Å². The van der Waals surface area contributed by atoms with Crippen molar-refractivity contribution in [1.82, 2.24) is 5.32 Å². The summed E-state index contributed by atoms with van der Waals surface area (Å²) in [6.07, 6.45) is 7.15. The number of benzene rings is 1. The highest BCUT2D eigenvalue weighted by Gasteiger charge is 2.14. The summed E-state index contributed by atoms with van der Waals surface area (Å²) in [5, 5.41) is 6.18. The SMILES string of the molecule is CC(=O)c1cccc(NCC(=O)NC2CCCCCC2)c1. The van der Waals surface area contributed by atoms with Crippen LogP contribution in [0, 0.1) is 0 Å². The van der Waals surface area contributed by atoms with Crippen LogP contribution < -0.4 is 10.6 Å². The molecule has 21 heavy (non-hydrogen) atoms. The largest absolute Gasteiger partial charge is 0.376 e.